The summed E-state index contributed by atoms with van der Waals surface area (Å²) in [4.78, 5) is 26.2. The molecule has 0 N–H and O–H groups in total. The van der Waals surface area contributed by atoms with Gasteiger partial charge in [-0.15, -0.1) is 0 Å². The van der Waals surface area contributed by atoms with Crippen LogP contribution in [0.25, 0.3) is 22.1 Å². The van der Waals surface area contributed by atoms with Gasteiger partial charge in [0.05, 0.1) is 17.7 Å². The van der Waals surface area contributed by atoms with E-state index in [1.54, 1.807) is 17.0 Å². The molecule has 2 heterocycles. The molecule has 29 heavy (non-hydrogen) atoms. The molecule has 1 atom stereocenters. The van der Waals surface area contributed by atoms with Crippen LogP contribution >= 0.6 is 11.6 Å². The van der Waals surface area contributed by atoms with Crippen LogP contribution in [-0.4, -0.2) is 43.2 Å². The second kappa shape index (κ2) is 8.27. The number of carbonyl (C=O) groups is 1. The van der Waals surface area contributed by atoms with Crippen molar-refractivity contribution in [1.82, 2.24) is 4.90 Å². The fourth-order valence-corrected chi connectivity index (χ4v) is 3.62. The largest absolute Gasteiger partial charge is 0.482 e. The normalized spacial score (nSPS) is 16.8. The first-order valence-corrected chi connectivity index (χ1v) is 9.74. The Morgan fingerprint density at radius 2 is 2.03 bits per heavy atom. The van der Waals surface area contributed by atoms with Gasteiger partial charge in [0, 0.05) is 30.6 Å². The van der Waals surface area contributed by atoms with Crippen molar-refractivity contribution in [2.24, 2.45) is 0 Å². The van der Waals surface area contributed by atoms with Crippen molar-refractivity contribution in [2.45, 2.75) is 13.0 Å². The van der Waals surface area contributed by atoms with Crippen molar-refractivity contribution in [3.05, 3.63) is 64.0 Å². The number of rotatable bonds is 4. The summed E-state index contributed by atoms with van der Waals surface area (Å²) in [7, 11) is 0. The molecule has 0 aliphatic carbocycles. The van der Waals surface area contributed by atoms with Gasteiger partial charge in [-0.1, -0.05) is 41.9 Å². The lowest BCUT2D eigenvalue weighted by molar-refractivity contribution is -0.140. The van der Waals surface area contributed by atoms with E-state index in [1.807, 2.05) is 37.3 Å². The summed E-state index contributed by atoms with van der Waals surface area (Å²) in [5, 5.41) is 1.04. The van der Waals surface area contributed by atoms with Crippen LogP contribution < -0.4 is 10.4 Å². The lowest BCUT2D eigenvalue weighted by Gasteiger charge is -2.31. The Kier molecular flexibility index (Phi) is 5.56. The predicted octanol–water partition coefficient (Wildman–Crippen LogP) is 3.74. The minimum Gasteiger partial charge on any atom is -0.482 e. The second-order valence-corrected chi connectivity index (χ2v) is 7.34. The Bertz CT molecular complexity index is 1100. The molecule has 0 radical (unpaired) electrons. The van der Waals surface area contributed by atoms with Gasteiger partial charge in [0.25, 0.3) is 5.91 Å². The van der Waals surface area contributed by atoms with E-state index in [1.165, 1.54) is 6.07 Å². The quantitative estimate of drug-likeness (QED) is 0.609. The number of halogens is 1. The fraction of sp³-hybridized carbons (Fsp3) is 0.273. The maximum Gasteiger partial charge on any atom is 0.336 e. The molecule has 1 aliphatic rings. The molecule has 0 spiro atoms. The van der Waals surface area contributed by atoms with Crippen LogP contribution in [0.1, 0.15) is 6.92 Å². The smallest absolute Gasteiger partial charge is 0.336 e. The zero-order valence-electron chi connectivity index (χ0n) is 15.9. The number of hydrogen-bond donors (Lipinski definition) is 0. The van der Waals surface area contributed by atoms with Crippen LogP contribution in [0.5, 0.6) is 5.75 Å². The summed E-state index contributed by atoms with van der Waals surface area (Å²) in [6.07, 6.45) is 0.00244. The van der Waals surface area contributed by atoms with Crippen LogP contribution in [0.4, 0.5) is 0 Å². The van der Waals surface area contributed by atoms with Crippen molar-refractivity contribution in [1.29, 1.82) is 0 Å². The number of amides is 1. The van der Waals surface area contributed by atoms with Gasteiger partial charge >= 0.3 is 5.63 Å². The molecule has 3 aromatic rings. The molecule has 7 heteroatoms. The van der Waals surface area contributed by atoms with E-state index in [-0.39, 0.29) is 18.6 Å². The third-order valence-electron chi connectivity index (χ3n) is 4.83. The van der Waals surface area contributed by atoms with Gasteiger partial charge in [-0.05, 0) is 24.1 Å². The first kappa shape index (κ1) is 19.5. The van der Waals surface area contributed by atoms with Crippen molar-refractivity contribution >= 4 is 28.5 Å². The number of carbonyl (C=O) groups excluding carboxylic acids is 1. The van der Waals surface area contributed by atoms with Gasteiger partial charge in [0.15, 0.2) is 6.61 Å². The van der Waals surface area contributed by atoms with Crippen LogP contribution in [0, 0.1) is 0 Å². The zero-order chi connectivity index (χ0) is 20.4. The maximum atomic E-state index is 12.4. The van der Waals surface area contributed by atoms with Gasteiger partial charge in [-0.25, -0.2) is 4.79 Å². The highest BCUT2D eigenvalue weighted by Crippen LogP contribution is 2.34. The summed E-state index contributed by atoms with van der Waals surface area (Å²) in [6, 6.07) is 14.2. The maximum absolute atomic E-state index is 12.4. The van der Waals surface area contributed by atoms with Crippen LogP contribution in [0.3, 0.4) is 0 Å². The van der Waals surface area contributed by atoms with Crippen LogP contribution in [0.2, 0.25) is 5.02 Å². The van der Waals surface area contributed by atoms with Gasteiger partial charge in [0.1, 0.15) is 11.3 Å². The molecule has 150 valence electrons. The molecular formula is C22H20ClNO5. The first-order chi connectivity index (χ1) is 14.0. The van der Waals surface area contributed by atoms with E-state index in [0.717, 1.165) is 11.1 Å². The molecule has 1 saturated heterocycles. The van der Waals surface area contributed by atoms with Gasteiger partial charge < -0.3 is 18.8 Å². The molecule has 2 aromatic carbocycles. The Balaban J connectivity index is 1.61. The van der Waals surface area contributed by atoms with Gasteiger partial charge in [-0.2, -0.15) is 0 Å². The number of morpholine rings is 1. The zero-order valence-corrected chi connectivity index (χ0v) is 16.6. The average Bonchev–Trinajstić information content (AvgIpc) is 2.72. The highest BCUT2D eigenvalue weighted by Gasteiger charge is 2.22. The summed E-state index contributed by atoms with van der Waals surface area (Å²) in [6.45, 7) is 3.35. The third kappa shape index (κ3) is 4.28. The molecule has 1 amide bonds. The third-order valence-corrected chi connectivity index (χ3v) is 5.12. The summed E-state index contributed by atoms with van der Waals surface area (Å²) in [5.41, 5.74) is 1.49. The molecule has 0 bridgehead atoms. The minimum atomic E-state index is -0.469. The molecule has 1 unspecified atom stereocenters. The highest BCUT2D eigenvalue weighted by atomic mass is 35.5. The average molecular weight is 414 g/mol. The number of fused-ring (bicyclic) bond motifs is 1. The SMILES string of the molecule is CC1CN(C(=O)COc2cc3oc(=O)cc(-c4ccccc4)c3cc2Cl)CCO1. The van der Waals surface area contributed by atoms with Crippen LogP contribution in [-0.2, 0) is 9.53 Å². The van der Waals surface area contributed by atoms with E-state index in [4.69, 9.17) is 25.5 Å². The summed E-state index contributed by atoms with van der Waals surface area (Å²) in [5.74, 6) is 0.151. The van der Waals surface area contributed by atoms with E-state index in [2.05, 4.69) is 0 Å². The number of hydrogen-bond acceptors (Lipinski definition) is 5. The lowest BCUT2D eigenvalue weighted by atomic mass is 10.0. The Morgan fingerprint density at radius 3 is 2.79 bits per heavy atom. The molecule has 0 saturated carbocycles. The monoisotopic (exact) mass is 413 g/mol. The van der Waals surface area contributed by atoms with Crippen molar-refractivity contribution < 1.29 is 18.7 Å². The molecule has 6 nitrogen and oxygen atoms in total. The first-order valence-electron chi connectivity index (χ1n) is 9.36. The Hall–Kier alpha value is -2.83. The van der Waals surface area contributed by atoms with E-state index in [9.17, 15) is 9.59 Å². The topological polar surface area (TPSA) is 69.0 Å². The van der Waals surface area contributed by atoms with Crippen molar-refractivity contribution in [3.8, 4) is 16.9 Å². The Labute approximate surface area is 172 Å². The fourth-order valence-electron chi connectivity index (χ4n) is 3.41. The van der Waals surface area contributed by atoms with Crippen molar-refractivity contribution in [3.63, 3.8) is 0 Å². The predicted molar refractivity (Wildman–Crippen MR) is 110 cm³/mol. The lowest BCUT2D eigenvalue weighted by Crippen LogP contribution is -2.46. The Morgan fingerprint density at radius 1 is 1.24 bits per heavy atom. The molecular weight excluding hydrogens is 394 g/mol. The summed E-state index contributed by atoms with van der Waals surface area (Å²) < 4.78 is 16.5. The van der Waals surface area contributed by atoms with E-state index >= 15 is 0 Å². The van der Waals surface area contributed by atoms with E-state index < -0.39 is 5.63 Å². The standard InChI is InChI=1S/C22H20ClNO5/c1-14-12-24(7-8-27-14)21(25)13-28-20-11-19-17(9-18(20)23)16(10-22(26)29-19)15-5-3-2-4-6-15/h2-6,9-11,14H,7-8,12-13H2,1H3. The second-order valence-electron chi connectivity index (χ2n) is 6.93. The van der Waals surface area contributed by atoms with Gasteiger partial charge in [-0.3, -0.25) is 4.79 Å². The number of ether oxygens (including phenoxy) is 2. The van der Waals surface area contributed by atoms with E-state index in [0.29, 0.717) is 41.4 Å². The number of benzene rings is 2. The molecule has 1 aromatic heterocycles. The number of nitrogens with zero attached hydrogens (tertiary/aromatic N) is 1. The molecule has 1 fully saturated rings. The minimum absolute atomic E-state index is 0.00244. The molecule has 1 aliphatic heterocycles. The van der Waals surface area contributed by atoms with Crippen molar-refractivity contribution in [2.75, 3.05) is 26.3 Å². The van der Waals surface area contributed by atoms with Gasteiger partial charge in [0.2, 0.25) is 0 Å². The summed E-state index contributed by atoms with van der Waals surface area (Å²) >= 11 is 6.41. The van der Waals surface area contributed by atoms with Crippen LogP contribution in [0.15, 0.2) is 57.7 Å². The molecule has 4 rings (SSSR count). The highest BCUT2D eigenvalue weighted by molar-refractivity contribution is 6.33.